The summed E-state index contributed by atoms with van der Waals surface area (Å²) in [5, 5.41) is 0.701. The minimum absolute atomic E-state index is 0.0155. The molecule has 334 valence electrons. The van der Waals surface area contributed by atoms with Crippen molar-refractivity contribution in [2.45, 2.75) is 165 Å². The van der Waals surface area contributed by atoms with Gasteiger partial charge >= 0.3 is 5.97 Å². The first kappa shape index (κ1) is 44.5. The lowest BCUT2D eigenvalue weighted by atomic mass is 9.66. The fourth-order valence-corrected chi connectivity index (χ4v) is 12.9. The average molecular weight is 858 g/mol. The molecule has 2 saturated carbocycles. The number of fused-ring (bicyclic) bond motifs is 8. The van der Waals surface area contributed by atoms with Crippen LogP contribution in [0.15, 0.2) is 35.9 Å². The summed E-state index contributed by atoms with van der Waals surface area (Å²) >= 11 is 6.96. The van der Waals surface area contributed by atoms with Crippen LogP contribution in [0.1, 0.15) is 85.5 Å². The van der Waals surface area contributed by atoms with Crippen molar-refractivity contribution in [1.82, 2.24) is 4.90 Å². The quantitative estimate of drug-likeness (QED) is 0.181. The Kier molecular flexibility index (Phi) is 13.7. The molecule has 0 aromatic heterocycles. The molecule has 6 fully saturated rings. The Morgan fingerprint density at radius 1 is 0.850 bits per heavy atom. The molecule has 19 atom stereocenters. The number of allylic oxidation sites excluding steroid dienone is 2. The van der Waals surface area contributed by atoms with Gasteiger partial charge in [-0.15, -0.1) is 0 Å². The maximum atomic E-state index is 15.2. The summed E-state index contributed by atoms with van der Waals surface area (Å²) < 4.78 is 50.5. The first-order valence-corrected chi connectivity index (χ1v) is 23.1. The molecule has 7 aliphatic rings. The van der Waals surface area contributed by atoms with Gasteiger partial charge in [-0.2, -0.15) is 0 Å². The van der Waals surface area contributed by atoms with E-state index in [1.165, 1.54) is 0 Å². The summed E-state index contributed by atoms with van der Waals surface area (Å²) in [7, 11) is 9.17. The SMILES string of the molecule is CC[C@H]1CCC[C@H](O[C@H]2CC[C@H](N(C)C)C(C)O2)[C@@H](C)C(=O)C2=C[C@H]3[C@@H]4C[C@H](O[C@@H]5OC(C)[C@H](OC)C(OC)[C@@H]5OC)C[C@H]4[C@H]4[C@@H]([C@H]3[C@@H]2CC(=O)O1)N4c1ccccc1Cl. The molecule has 0 amide bonds. The van der Waals surface area contributed by atoms with Crippen LogP contribution >= 0.6 is 11.6 Å². The number of methoxy groups -OCH3 is 3. The van der Waals surface area contributed by atoms with E-state index in [0.29, 0.717) is 17.5 Å². The highest BCUT2D eigenvalue weighted by Gasteiger charge is 2.69. The molecule has 0 bridgehead atoms. The molecule has 1 aromatic carbocycles. The lowest BCUT2D eigenvalue weighted by molar-refractivity contribution is -0.314. The molecule has 60 heavy (non-hydrogen) atoms. The van der Waals surface area contributed by atoms with E-state index in [9.17, 15) is 4.79 Å². The van der Waals surface area contributed by atoms with E-state index >= 15 is 4.79 Å². The third-order valence-electron chi connectivity index (χ3n) is 15.5. The van der Waals surface area contributed by atoms with Crippen LogP contribution in [0.2, 0.25) is 5.02 Å². The van der Waals surface area contributed by atoms with Gasteiger partial charge in [-0.05, 0) is 121 Å². The number of Topliss-reactive ketones (excluding diaryl/α,β-unsaturated/α-hetero) is 1. The molecule has 3 unspecified atom stereocenters. The number of rotatable bonds is 10. The maximum Gasteiger partial charge on any atom is 0.306 e. The number of nitrogens with zero attached hydrogens (tertiary/aromatic N) is 2. The minimum atomic E-state index is -0.639. The van der Waals surface area contributed by atoms with Crippen LogP contribution in [-0.2, 0) is 47.5 Å². The second-order valence-corrected chi connectivity index (χ2v) is 19.4. The van der Waals surface area contributed by atoms with Crippen LogP contribution in [0.4, 0.5) is 5.69 Å². The van der Waals surface area contributed by atoms with Gasteiger partial charge in [0.15, 0.2) is 18.4 Å². The van der Waals surface area contributed by atoms with Gasteiger partial charge < -0.3 is 47.7 Å². The number of ketones is 1. The van der Waals surface area contributed by atoms with Crippen molar-refractivity contribution in [2.75, 3.05) is 40.3 Å². The Hall–Kier alpha value is -2.13. The van der Waals surface area contributed by atoms with E-state index in [1.807, 2.05) is 32.0 Å². The van der Waals surface area contributed by atoms with Crippen LogP contribution in [0.25, 0.3) is 0 Å². The molecule has 4 aliphatic heterocycles. The number of carbonyl (C=O) groups excluding carboxylic acids is 2. The standard InChI is InChI=1S/C47H69ClN2O10/c1-10-27-14-13-17-37(60-39-19-18-35(49(5)6)25(3)56-39)24(2)43(52)33-22-30-29-20-28(59-47-46(55-9)45(54-8)44(53-7)26(4)57-47)21-32(29)41-42(40(30)31(33)23-38(51)58-27)50(41)36-16-12-11-15-34(36)48/h11-12,15-16,22,24-32,35,37,39-42,44-47H,10,13-14,17-21,23H2,1-9H3/t24-,25?,26?,27+,28+,29+,30+,31-,32-,35+,37+,39+,40-,41+,42-,44+,45?,46+,47+,50?/m1/s1. The minimum Gasteiger partial charge on any atom is -0.462 e. The molecule has 0 spiro atoms. The topological polar surface area (TPSA) is 114 Å². The lowest BCUT2D eigenvalue weighted by Gasteiger charge is -2.44. The molecule has 0 radical (unpaired) electrons. The van der Waals surface area contributed by atoms with E-state index in [1.54, 1.807) is 21.3 Å². The number of hydrogen-bond donors (Lipinski definition) is 0. The van der Waals surface area contributed by atoms with Crippen molar-refractivity contribution in [3.05, 3.63) is 40.9 Å². The zero-order valence-electron chi connectivity index (χ0n) is 37.1. The highest BCUT2D eigenvalue weighted by atomic mass is 35.5. The van der Waals surface area contributed by atoms with E-state index < -0.39 is 18.3 Å². The van der Waals surface area contributed by atoms with E-state index in [2.05, 4.69) is 49.9 Å². The molecule has 13 heteroatoms. The van der Waals surface area contributed by atoms with E-state index in [4.69, 9.17) is 49.5 Å². The Morgan fingerprint density at radius 3 is 2.27 bits per heavy atom. The van der Waals surface area contributed by atoms with Crippen molar-refractivity contribution in [3.8, 4) is 0 Å². The number of hydrogen-bond acceptors (Lipinski definition) is 12. The number of carbonyl (C=O) groups is 2. The smallest absolute Gasteiger partial charge is 0.306 e. The van der Waals surface area contributed by atoms with Gasteiger partial charge in [0.25, 0.3) is 0 Å². The normalized spacial score (nSPS) is 44.5. The average Bonchev–Trinajstić information content (AvgIpc) is 3.61. The van der Waals surface area contributed by atoms with Crippen LogP contribution in [-0.4, -0.2) is 132 Å². The Morgan fingerprint density at radius 2 is 1.58 bits per heavy atom. The second kappa shape index (κ2) is 18.5. The number of para-hydroxylation sites is 1. The summed E-state index contributed by atoms with van der Waals surface area (Å²) in [5.74, 6) is -0.276. The summed E-state index contributed by atoms with van der Waals surface area (Å²) in [5.41, 5.74) is 1.76. The number of ether oxygens (including phenoxy) is 8. The van der Waals surface area contributed by atoms with Gasteiger partial charge in [-0.1, -0.05) is 43.7 Å². The van der Waals surface area contributed by atoms with Crippen molar-refractivity contribution in [1.29, 1.82) is 0 Å². The van der Waals surface area contributed by atoms with Gasteiger partial charge in [0.2, 0.25) is 0 Å². The third-order valence-corrected chi connectivity index (χ3v) is 15.9. The van der Waals surface area contributed by atoms with Gasteiger partial charge in [-0.3, -0.25) is 9.59 Å². The predicted molar refractivity (Wildman–Crippen MR) is 227 cm³/mol. The number of anilines is 1. The zero-order chi connectivity index (χ0) is 42.6. The van der Waals surface area contributed by atoms with Gasteiger partial charge in [0, 0.05) is 39.2 Å². The van der Waals surface area contributed by atoms with Crippen molar-refractivity contribution in [3.63, 3.8) is 0 Å². The number of benzene rings is 1. The maximum absolute atomic E-state index is 15.2. The number of halogens is 1. The molecule has 1 aromatic rings. The summed E-state index contributed by atoms with van der Waals surface area (Å²) in [4.78, 5) is 33.9. The molecule has 8 rings (SSSR count). The number of esters is 1. The third kappa shape index (κ3) is 8.36. The summed E-state index contributed by atoms with van der Waals surface area (Å²) in [6, 6.07) is 8.65. The van der Waals surface area contributed by atoms with Gasteiger partial charge in [0.1, 0.15) is 24.4 Å². The van der Waals surface area contributed by atoms with Gasteiger partial charge in [0.05, 0.1) is 53.6 Å². The van der Waals surface area contributed by atoms with Crippen LogP contribution in [0.3, 0.4) is 0 Å². The van der Waals surface area contributed by atoms with Gasteiger partial charge in [-0.25, -0.2) is 0 Å². The van der Waals surface area contributed by atoms with E-state index in [-0.39, 0.29) is 109 Å². The highest BCUT2D eigenvalue weighted by Crippen LogP contribution is 2.65. The van der Waals surface area contributed by atoms with Crippen molar-refractivity contribution < 1.29 is 47.5 Å². The van der Waals surface area contributed by atoms with Crippen molar-refractivity contribution >= 4 is 29.0 Å². The fraction of sp³-hybridized carbons (Fsp3) is 0.787. The number of likely N-dealkylation sites (N-methyl/N-ethyl adjacent to an activating group) is 1. The molecule has 4 saturated heterocycles. The predicted octanol–water partition coefficient (Wildman–Crippen LogP) is 6.84. The Labute approximate surface area is 362 Å². The fourth-order valence-electron chi connectivity index (χ4n) is 12.6. The molecule has 4 heterocycles. The molecule has 0 N–H and O–H groups in total. The first-order valence-electron chi connectivity index (χ1n) is 22.7. The van der Waals surface area contributed by atoms with Crippen molar-refractivity contribution in [2.24, 2.45) is 35.5 Å². The van der Waals surface area contributed by atoms with Crippen LogP contribution < -0.4 is 4.90 Å². The number of cyclic esters (lactones) is 1. The second-order valence-electron chi connectivity index (χ2n) is 19.0. The highest BCUT2D eigenvalue weighted by molar-refractivity contribution is 6.33. The van der Waals surface area contributed by atoms with Crippen LogP contribution in [0, 0.1) is 35.5 Å². The van der Waals surface area contributed by atoms with E-state index in [0.717, 1.165) is 56.2 Å². The molecular weight excluding hydrogens is 788 g/mol. The molecule has 12 nitrogen and oxygen atoms in total. The lowest BCUT2D eigenvalue weighted by Crippen LogP contribution is -2.59. The Balaban J connectivity index is 1.11. The van der Waals surface area contributed by atoms with Crippen LogP contribution in [0.5, 0.6) is 0 Å². The summed E-state index contributed by atoms with van der Waals surface area (Å²) in [6.45, 7) is 8.20. The monoisotopic (exact) mass is 856 g/mol. The Bertz CT molecular complexity index is 1710. The molecular formula is C47H69ClN2O10. The molecule has 3 aliphatic carbocycles. The first-order chi connectivity index (χ1) is 28.9. The summed E-state index contributed by atoms with van der Waals surface area (Å²) in [6.07, 6.45) is 5.71. The largest absolute Gasteiger partial charge is 0.462 e. The zero-order valence-corrected chi connectivity index (χ0v) is 37.8.